The molecule has 0 bridgehead atoms. The van der Waals surface area contributed by atoms with Crippen LogP contribution >= 0.6 is 7.92 Å². The molecule has 19 heavy (non-hydrogen) atoms. The Bertz CT molecular complexity index is 1230. The molecule has 0 heterocycles. The van der Waals surface area contributed by atoms with E-state index in [-0.39, 0.29) is 0 Å². The highest BCUT2D eigenvalue weighted by atomic mass is 31.1. The summed E-state index contributed by atoms with van der Waals surface area (Å²) in [7, 11) is -6.05. The summed E-state index contributed by atoms with van der Waals surface area (Å²) in [6.45, 7) is 0. The largest absolute Gasteiger partial charge is 0.0971 e. The average Bonchev–Trinajstić information content (AvgIpc) is 2.93. The van der Waals surface area contributed by atoms with E-state index in [2.05, 4.69) is 0 Å². The molecule has 3 rings (SSSR count). The third-order valence-electron chi connectivity index (χ3n) is 2.13. The quantitative estimate of drug-likeness (QED) is 0.524. The van der Waals surface area contributed by atoms with Crippen LogP contribution in [0.15, 0.2) is 0 Å². The van der Waals surface area contributed by atoms with Gasteiger partial charge in [0.05, 0.1) is 0 Å². The van der Waals surface area contributed by atoms with E-state index < -0.39 is 120 Å². The van der Waals surface area contributed by atoms with Crippen LogP contribution in [-0.2, 0) is 0 Å². The molecule has 1 heteroatoms. The van der Waals surface area contributed by atoms with Crippen molar-refractivity contribution in [2.75, 3.05) is 0 Å². The summed E-state index contributed by atoms with van der Waals surface area (Å²) >= 11 is 0. The summed E-state index contributed by atoms with van der Waals surface area (Å²) in [4.78, 5) is 0. The Kier molecular flexibility index (Phi) is 0.872. The Morgan fingerprint density at radius 3 is 1.05 bits per heavy atom. The molecule has 0 aromatic carbocycles. The molecular formula is C18H33P. The number of rotatable bonds is 3. The lowest BCUT2D eigenvalue weighted by Crippen LogP contribution is -2.28. The average molecular weight is 314 g/mol. The van der Waals surface area contributed by atoms with E-state index in [1.54, 1.807) is 0 Å². The van der Waals surface area contributed by atoms with Crippen molar-refractivity contribution in [3.8, 4) is 0 Å². The van der Waals surface area contributed by atoms with E-state index in [9.17, 15) is 4.11 Å². The van der Waals surface area contributed by atoms with Crippen LogP contribution in [0.4, 0.5) is 0 Å². The first kappa shape index (κ1) is 2.23. The van der Waals surface area contributed by atoms with Crippen molar-refractivity contribution >= 4 is 7.92 Å². The monoisotopic (exact) mass is 313 g/mol. The fourth-order valence-electron chi connectivity index (χ4n) is 1.40. The minimum atomic E-state index is -6.05. The second-order valence-electron chi connectivity index (χ2n) is 3.26. The Labute approximate surface area is 168 Å². The summed E-state index contributed by atoms with van der Waals surface area (Å²) in [5, 5.41) is 0. The molecule has 0 spiro atoms. The molecule has 0 aliphatic heterocycles. The summed E-state index contributed by atoms with van der Waals surface area (Å²) in [5.41, 5.74) is -16.1. The molecule has 0 aromatic rings. The number of hydrogen-bond acceptors (Lipinski definition) is 0. The first-order valence-electron chi connectivity index (χ1n) is 21.7. The van der Waals surface area contributed by atoms with Gasteiger partial charge in [-0.25, -0.2) is 0 Å². The summed E-state index contributed by atoms with van der Waals surface area (Å²) in [5.74, 6) is 0. The summed E-state index contributed by atoms with van der Waals surface area (Å²) in [6.07, 6.45) is -72.5. The van der Waals surface area contributed by atoms with Crippen molar-refractivity contribution in [2.45, 2.75) is 112 Å². The van der Waals surface area contributed by atoms with Gasteiger partial charge in [0.2, 0.25) is 0 Å². The van der Waals surface area contributed by atoms with E-state index >= 15 is 0 Å². The van der Waals surface area contributed by atoms with Gasteiger partial charge in [-0.3, -0.25) is 0 Å². The third kappa shape index (κ3) is 3.75. The van der Waals surface area contributed by atoms with Gasteiger partial charge in [0.1, 0.15) is 0 Å². The van der Waals surface area contributed by atoms with Crippen LogP contribution in [0.25, 0.3) is 0 Å². The van der Waals surface area contributed by atoms with Gasteiger partial charge in [0.15, 0.2) is 0 Å². The molecule has 3 aliphatic rings. The molecule has 0 aromatic heterocycles. The third-order valence-corrected chi connectivity index (χ3v) is 4.14. The maximum absolute atomic E-state index is 9.46. The van der Waals surface area contributed by atoms with E-state index in [1.165, 1.54) is 0 Å². The highest BCUT2D eigenvalue weighted by molar-refractivity contribution is 7.59. The zero-order valence-electron chi connectivity index (χ0n) is 42.4. The summed E-state index contributed by atoms with van der Waals surface area (Å²) in [6, 6.07) is 0. The van der Waals surface area contributed by atoms with Gasteiger partial charge in [0, 0.05) is 45.2 Å². The molecule has 3 aliphatic carbocycles. The molecule has 3 saturated carbocycles. The van der Waals surface area contributed by atoms with E-state index in [0.29, 0.717) is 0 Å². The maximum Gasteiger partial charge on any atom is 0.0352 e. The van der Waals surface area contributed by atoms with Crippen molar-refractivity contribution < 1.29 is 45.2 Å². The van der Waals surface area contributed by atoms with Crippen molar-refractivity contribution in [1.29, 1.82) is 0 Å². The SMILES string of the molecule is [2H]C1([2H])C([2H])([2H])C([2H])([2H])C([2H])(P(C2([2H])C([2H])([2H])C([2H])([2H])C([2H])([2H])C([2H])([2H])C2([2H])[2H])C2([2H])C([2H])([2H])C([2H])([2H])C([2H])([2H])C([2H])([2H])C2([2H])[2H])C([2H])([2H])C1([2H])[2H]. The smallest absolute Gasteiger partial charge is 0.0352 e. The molecule has 110 valence electrons. The predicted molar refractivity (Wildman–Crippen MR) is 87.5 cm³/mol. The molecule has 0 radical (unpaired) electrons. The second-order valence-corrected chi connectivity index (χ2v) is 5.27. The molecular weight excluding hydrogens is 247 g/mol. The van der Waals surface area contributed by atoms with Gasteiger partial charge in [-0.1, -0.05) is 65.3 Å². The van der Waals surface area contributed by atoms with Crippen LogP contribution in [0, 0.1) is 0 Å². The zero-order chi connectivity index (χ0) is 42.6. The minimum Gasteiger partial charge on any atom is -0.0971 e. The Balaban J connectivity index is 3.01. The molecule has 0 saturated heterocycles. The van der Waals surface area contributed by atoms with Crippen LogP contribution in [0.2, 0.25) is 0 Å². The van der Waals surface area contributed by atoms with E-state index in [0.717, 1.165) is 0 Å². The first-order chi connectivity index (χ1) is 21.9. The molecule has 3 fully saturated rings. The minimum absolute atomic E-state index is 4.51. The van der Waals surface area contributed by atoms with Crippen molar-refractivity contribution in [2.24, 2.45) is 0 Å². The van der Waals surface area contributed by atoms with Crippen LogP contribution in [-0.4, -0.2) is 16.9 Å². The lowest BCUT2D eigenvalue weighted by molar-refractivity contribution is 0.460. The van der Waals surface area contributed by atoms with E-state index in [4.69, 9.17) is 41.1 Å². The Hall–Kier alpha value is 0.430. The number of hydrogen-bond donors (Lipinski definition) is 0. The zero-order valence-corrected chi connectivity index (χ0v) is 10.3. The maximum atomic E-state index is 9.46. The highest BCUT2D eigenvalue weighted by Crippen LogP contribution is 2.61. The highest BCUT2D eigenvalue weighted by Gasteiger charge is 2.36. The van der Waals surface area contributed by atoms with Crippen molar-refractivity contribution in [3.63, 3.8) is 0 Å². The molecule has 0 N–H and O–H groups in total. The standard InChI is InChI=1S/C18H33P/c1-4-10-16(11-5-1)19(17-12-6-2-7-13-17)18-14-8-3-9-15-18/h16-18H,1-15H2/i1D2,2D2,3D2,4D2,5D2,6D2,7D2,8D2,9D2,10D2,11D2,12D2,13D2,14D2,15D2,16D,17D,18D. The van der Waals surface area contributed by atoms with Gasteiger partial charge in [-0.05, 0) is 55.1 Å². The van der Waals surface area contributed by atoms with Crippen molar-refractivity contribution in [1.82, 2.24) is 0 Å². The van der Waals surface area contributed by atoms with Crippen LogP contribution < -0.4 is 0 Å². The van der Waals surface area contributed by atoms with Gasteiger partial charge < -0.3 is 0 Å². The second kappa shape index (κ2) is 7.44. The van der Waals surface area contributed by atoms with Crippen LogP contribution in [0.3, 0.4) is 0 Å². The molecule has 0 atom stereocenters. The topological polar surface area (TPSA) is 0 Å². The molecule has 0 nitrogen and oxygen atoms in total. The Morgan fingerprint density at radius 2 is 0.789 bits per heavy atom. The Morgan fingerprint density at radius 1 is 0.526 bits per heavy atom. The fourth-order valence-corrected chi connectivity index (χ4v) is 3.08. The lowest BCUT2D eigenvalue weighted by Gasteiger charge is -2.44. The normalized spacial score (nSPS) is 99.3. The van der Waals surface area contributed by atoms with Crippen LogP contribution in [0.1, 0.15) is 141 Å². The molecule has 0 unspecified atom stereocenters. The van der Waals surface area contributed by atoms with Gasteiger partial charge in [0.25, 0.3) is 0 Å². The first-order valence-corrected chi connectivity index (χ1v) is 6.51. The molecule has 0 amide bonds. The van der Waals surface area contributed by atoms with Gasteiger partial charge in [-0.15, -0.1) is 0 Å². The van der Waals surface area contributed by atoms with Gasteiger partial charge >= 0.3 is 0 Å². The summed E-state index contributed by atoms with van der Waals surface area (Å²) < 4.78 is 283. The van der Waals surface area contributed by atoms with Crippen molar-refractivity contribution in [3.05, 3.63) is 0 Å². The van der Waals surface area contributed by atoms with Gasteiger partial charge in [-0.2, -0.15) is 0 Å². The predicted octanol–water partition coefficient (Wildman–Crippen LogP) is 6.47. The lowest BCUT2D eigenvalue weighted by atomic mass is 9.99. The van der Waals surface area contributed by atoms with Crippen LogP contribution in [0.5, 0.6) is 0 Å². The fraction of sp³-hybridized carbons (Fsp3) is 1.00. The van der Waals surface area contributed by atoms with E-state index in [1.807, 2.05) is 0 Å².